The summed E-state index contributed by atoms with van der Waals surface area (Å²) in [7, 11) is -3.35. The van der Waals surface area contributed by atoms with Gasteiger partial charge >= 0.3 is 0 Å². The zero-order valence-corrected chi connectivity index (χ0v) is 11.9. The van der Waals surface area contributed by atoms with Gasteiger partial charge in [-0.15, -0.1) is 0 Å². The SMILES string of the molecule is O=S(=O)(NCC1CCCC1)c1cccc(Br)c1. The molecular weight excluding hydrogens is 302 g/mol. The van der Waals surface area contributed by atoms with E-state index in [-0.39, 0.29) is 0 Å². The van der Waals surface area contributed by atoms with Crippen molar-refractivity contribution < 1.29 is 8.42 Å². The maximum Gasteiger partial charge on any atom is 0.240 e. The van der Waals surface area contributed by atoms with E-state index in [0.29, 0.717) is 17.4 Å². The van der Waals surface area contributed by atoms with Gasteiger partial charge in [-0.25, -0.2) is 13.1 Å². The minimum absolute atomic E-state index is 0.324. The molecule has 1 aromatic carbocycles. The molecule has 0 bridgehead atoms. The second-order valence-corrected chi connectivity index (χ2v) is 7.14. The van der Waals surface area contributed by atoms with Crippen LogP contribution in [0.25, 0.3) is 0 Å². The number of nitrogens with one attached hydrogen (secondary N) is 1. The fraction of sp³-hybridized carbons (Fsp3) is 0.500. The highest BCUT2D eigenvalue weighted by Crippen LogP contribution is 2.24. The van der Waals surface area contributed by atoms with Crippen LogP contribution in [0.5, 0.6) is 0 Å². The first-order chi connectivity index (χ1) is 8.08. The van der Waals surface area contributed by atoms with Gasteiger partial charge in [0.25, 0.3) is 0 Å². The highest BCUT2D eigenvalue weighted by molar-refractivity contribution is 9.10. The lowest BCUT2D eigenvalue weighted by Gasteiger charge is -2.11. The summed E-state index contributed by atoms with van der Waals surface area (Å²) in [6.45, 7) is 0.564. The third-order valence-corrected chi connectivity index (χ3v) is 5.06. The molecule has 1 N–H and O–H groups in total. The smallest absolute Gasteiger partial charge is 0.211 e. The standard InChI is InChI=1S/C12H16BrNO2S/c13-11-6-3-7-12(8-11)17(15,16)14-9-10-4-1-2-5-10/h3,6-8,10,14H,1-2,4-5,9H2. The lowest BCUT2D eigenvalue weighted by atomic mass is 10.1. The van der Waals surface area contributed by atoms with Crippen LogP contribution in [-0.4, -0.2) is 15.0 Å². The van der Waals surface area contributed by atoms with E-state index in [4.69, 9.17) is 0 Å². The molecule has 0 radical (unpaired) electrons. The maximum absolute atomic E-state index is 12.0. The van der Waals surface area contributed by atoms with Gasteiger partial charge in [-0.3, -0.25) is 0 Å². The van der Waals surface area contributed by atoms with Crippen LogP contribution in [-0.2, 0) is 10.0 Å². The minimum Gasteiger partial charge on any atom is -0.211 e. The summed E-state index contributed by atoms with van der Waals surface area (Å²) >= 11 is 3.28. The predicted molar refractivity (Wildman–Crippen MR) is 71.3 cm³/mol. The molecule has 0 atom stereocenters. The molecule has 0 heterocycles. The lowest BCUT2D eigenvalue weighted by Crippen LogP contribution is -2.28. The molecular formula is C12H16BrNO2S. The molecule has 2 rings (SSSR count). The van der Waals surface area contributed by atoms with E-state index < -0.39 is 10.0 Å². The summed E-state index contributed by atoms with van der Waals surface area (Å²) in [5, 5.41) is 0. The van der Waals surface area contributed by atoms with Crippen molar-refractivity contribution in [1.29, 1.82) is 0 Å². The Balaban J connectivity index is 2.03. The van der Waals surface area contributed by atoms with Crippen LogP contribution in [0.2, 0.25) is 0 Å². The number of sulfonamides is 1. The molecule has 94 valence electrons. The van der Waals surface area contributed by atoms with Gasteiger partial charge in [-0.1, -0.05) is 34.8 Å². The second kappa shape index (κ2) is 5.50. The van der Waals surface area contributed by atoms with Crippen molar-refractivity contribution in [1.82, 2.24) is 4.72 Å². The zero-order valence-electron chi connectivity index (χ0n) is 9.52. The van der Waals surface area contributed by atoms with Gasteiger partial charge in [0.2, 0.25) is 10.0 Å². The highest BCUT2D eigenvalue weighted by atomic mass is 79.9. The monoisotopic (exact) mass is 317 g/mol. The lowest BCUT2D eigenvalue weighted by molar-refractivity contribution is 0.519. The maximum atomic E-state index is 12.0. The molecule has 1 aliphatic rings. The first-order valence-corrected chi connectivity index (χ1v) is 8.11. The fourth-order valence-electron chi connectivity index (χ4n) is 2.16. The Morgan fingerprint density at radius 3 is 2.65 bits per heavy atom. The topological polar surface area (TPSA) is 46.2 Å². The number of hydrogen-bond acceptors (Lipinski definition) is 2. The third-order valence-electron chi connectivity index (χ3n) is 3.14. The molecule has 0 spiro atoms. The summed E-state index contributed by atoms with van der Waals surface area (Å²) in [5.41, 5.74) is 0. The molecule has 0 aromatic heterocycles. The Kier molecular flexibility index (Phi) is 4.22. The average molecular weight is 318 g/mol. The van der Waals surface area contributed by atoms with Crippen LogP contribution in [0.4, 0.5) is 0 Å². The molecule has 0 aliphatic heterocycles. The van der Waals surface area contributed by atoms with E-state index in [1.54, 1.807) is 18.2 Å². The largest absolute Gasteiger partial charge is 0.240 e. The van der Waals surface area contributed by atoms with E-state index in [1.807, 2.05) is 6.07 Å². The van der Waals surface area contributed by atoms with Crippen LogP contribution >= 0.6 is 15.9 Å². The van der Waals surface area contributed by atoms with Crippen molar-refractivity contribution >= 4 is 26.0 Å². The molecule has 1 saturated carbocycles. The Labute approximate surface area is 111 Å². The summed E-state index contributed by atoms with van der Waals surface area (Å²) in [6.07, 6.45) is 4.73. The average Bonchev–Trinajstić information content (AvgIpc) is 2.79. The summed E-state index contributed by atoms with van der Waals surface area (Å²) < 4.78 is 27.5. The number of rotatable bonds is 4. The van der Waals surface area contributed by atoms with Crippen molar-refractivity contribution in [2.24, 2.45) is 5.92 Å². The number of hydrogen-bond donors (Lipinski definition) is 1. The molecule has 0 amide bonds. The van der Waals surface area contributed by atoms with Crippen molar-refractivity contribution in [2.75, 3.05) is 6.54 Å². The first kappa shape index (κ1) is 13.1. The van der Waals surface area contributed by atoms with Gasteiger partial charge in [0.05, 0.1) is 4.90 Å². The van der Waals surface area contributed by atoms with E-state index in [1.165, 1.54) is 12.8 Å². The van der Waals surface area contributed by atoms with Gasteiger partial charge < -0.3 is 0 Å². The Hall–Kier alpha value is -0.390. The van der Waals surface area contributed by atoms with Gasteiger partial charge in [0.1, 0.15) is 0 Å². The van der Waals surface area contributed by atoms with Crippen LogP contribution in [0.1, 0.15) is 25.7 Å². The normalized spacial score (nSPS) is 17.5. The molecule has 3 nitrogen and oxygen atoms in total. The highest BCUT2D eigenvalue weighted by Gasteiger charge is 2.19. The number of halogens is 1. The number of benzene rings is 1. The zero-order chi connectivity index (χ0) is 12.3. The van der Waals surface area contributed by atoms with Gasteiger partial charge in [0, 0.05) is 11.0 Å². The molecule has 1 fully saturated rings. The molecule has 5 heteroatoms. The summed E-state index contributed by atoms with van der Waals surface area (Å²) in [6, 6.07) is 6.78. The summed E-state index contributed by atoms with van der Waals surface area (Å²) in [5.74, 6) is 0.511. The van der Waals surface area contributed by atoms with E-state index in [2.05, 4.69) is 20.7 Å². The minimum atomic E-state index is -3.35. The Bertz CT molecular complexity index is 481. The third kappa shape index (κ3) is 3.53. The van der Waals surface area contributed by atoms with Crippen molar-refractivity contribution in [3.63, 3.8) is 0 Å². The quantitative estimate of drug-likeness (QED) is 0.928. The van der Waals surface area contributed by atoms with Gasteiger partial charge in [0.15, 0.2) is 0 Å². The first-order valence-electron chi connectivity index (χ1n) is 5.83. The molecule has 0 unspecified atom stereocenters. The van der Waals surface area contributed by atoms with E-state index >= 15 is 0 Å². The Morgan fingerprint density at radius 2 is 2.00 bits per heavy atom. The fourth-order valence-corrected chi connectivity index (χ4v) is 3.87. The summed E-state index contributed by atoms with van der Waals surface area (Å²) in [4.78, 5) is 0.324. The van der Waals surface area contributed by atoms with Crippen LogP contribution < -0.4 is 4.72 Å². The molecule has 0 saturated heterocycles. The van der Waals surface area contributed by atoms with Gasteiger partial charge in [-0.2, -0.15) is 0 Å². The molecule has 17 heavy (non-hydrogen) atoms. The van der Waals surface area contributed by atoms with E-state index in [9.17, 15) is 8.42 Å². The van der Waals surface area contributed by atoms with Crippen molar-refractivity contribution in [3.05, 3.63) is 28.7 Å². The molecule has 1 aliphatic carbocycles. The Morgan fingerprint density at radius 1 is 1.29 bits per heavy atom. The van der Waals surface area contributed by atoms with Gasteiger partial charge in [-0.05, 0) is 37.0 Å². The van der Waals surface area contributed by atoms with Crippen molar-refractivity contribution in [3.8, 4) is 0 Å². The van der Waals surface area contributed by atoms with Crippen molar-refractivity contribution in [2.45, 2.75) is 30.6 Å². The second-order valence-electron chi connectivity index (χ2n) is 4.46. The van der Waals surface area contributed by atoms with Crippen LogP contribution in [0.15, 0.2) is 33.6 Å². The van der Waals surface area contributed by atoms with Crippen LogP contribution in [0, 0.1) is 5.92 Å². The molecule has 1 aromatic rings. The van der Waals surface area contributed by atoms with E-state index in [0.717, 1.165) is 17.3 Å². The predicted octanol–water partition coefficient (Wildman–Crippen LogP) is 2.92. The van der Waals surface area contributed by atoms with Crippen LogP contribution in [0.3, 0.4) is 0 Å².